The maximum Gasteiger partial charge on any atom is 0.119 e. The molecule has 0 fully saturated rings. The highest BCUT2D eigenvalue weighted by Crippen LogP contribution is 2.56. The second-order valence-corrected chi connectivity index (χ2v) is 6.56. The van der Waals surface area contributed by atoms with Crippen molar-refractivity contribution in [2.75, 3.05) is 7.11 Å². The molecule has 0 aliphatic heterocycles. The molecule has 1 heteroatoms. The Labute approximate surface area is 142 Å². The summed E-state index contributed by atoms with van der Waals surface area (Å²) in [6.07, 6.45) is 5.54. The summed E-state index contributed by atoms with van der Waals surface area (Å²) in [6.45, 7) is 0. The summed E-state index contributed by atoms with van der Waals surface area (Å²) in [5.74, 6) is 0.912. The smallest absolute Gasteiger partial charge is 0.119 e. The van der Waals surface area contributed by atoms with Crippen LogP contribution in [0.4, 0.5) is 0 Å². The van der Waals surface area contributed by atoms with E-state index in [1.54, 1.807) is 7.11 Å². The summed E-state index contributed by atoms with van der Waals surface area (Å²) in [7, 11) is 1.73. The Hall–Kier alpha value is -2.80. The monoisotopic (exact) mass is 310 g/mol. The third-order valence-electron chi connectivity index (χ3n) is 5.50. The molecule has 1 spiro atoms. The third-order valence-corrected chi connectivity index (χ3v) is 5.50. The van der Waals surface area contributed by atoms with Gasteiger partial charge in [0, 0.05) is 0 Å². The van der Waals surface area contributed by atoms with Gasteiger partial charge in [0.15, 0.2) is 0 Å². The summed E-state index contributed by atoms with van der Waals surface area (Å²) in [5, 5.41) is 0. The first-order valence-electron chi connectivity index (χ1n) is 8.39. The van der Waals surface area contributed by atoms with Gasteiger partial charge in [0.05, 0.1) is 12.5 Å². The molecule has 5 rings (SSSR count). The Morgan fingerprint density at radius 2 is 1.46 bits per heavy atom. The van der Waals surface area contributed by atoms with Gasteiger partial charge in [0.25, 0.3) is 0 Å². The standard InChI is InChI=1S/C23H18O/c1-24-17-12-13-20-16(15-17)7-6-14-23(20)21-10-4-2-8-18(21)19-9-3-5-11-22(19)23/h2-13,15H,14H2,1H3. The maximum absolute atomic E-state index is 5.44. The van der Waals surface area contributed by atoms with Crippen LogP contribution in [0.3, 0.4) is 0 Å². The van der Waals surface area contributed by atoms with Crippen LogP contribution in [0.15, 0.2) is 72.8 Å². The molecule has 0 saturated carbocycles. The van der Waals surface area contributed by atoms with Gasteiger partial charge in [-0.2, -0.15) is 0 Å². The predicted octanol–water partition coefficient (Wildman–Crippen LogP) is 5.43. The fourth-order valence-corrected chi connectivity index (χ4v) is 4.50. The number of methoxy groups -OCH3 is 1. The molecule has 0 unspecified atom stereocenters. The summed E-state index contributed by atoms with van der Waals surface area (Å²) in [5.41, 5.74) is 8.12. The molecule has 0 radical (unpaired) electrons. The largest absolute Gasteiger partial charge is 0.497 e. The van der Waals surface area contributed by atoms with Gasteiger partial charge >= 0.3 is 0 Å². The van der Waals surface area contributed by atoms with Crippen LogP contribution < -0.4 is 4.74 Å². The van der Waals surface area contributed by atoms with E-state index in [9.17, 15) is 0 Å². The van der Waals surface area contributed by atoms with Gasteiger partial charge in [0.1, 0.15) is 5.75 Å². The van der Waals surface area contributed by atoms with E-state index < -0.39 is 0 Å². The van der Waals surface area contributed by atoms with Crippen LogP contribution in [-0.2, 0) is 5.41 Å². The third kappa shape index (κ3) is 1.59. The maximum atomic E-state index is 5.44. The molecule has 0 heterocycles. The van der Waals surface area contributed by atoms with Crippen LogP contribution >= 0.6 is 0 Å². The average molecular weight is 310 g/mol. The zero-order chi connectivity index (χ0) is 16.1. The summed E-state index contributed by atoms with van der Waals surface area (Å²) in [4.78, 5) is 0. The molecular weight excluding hydrogens is 292 g/mol. The molecule has 3 aromatic rings. The van der Waals surface area contributed by atoms with Crippen molar-refractivity contribution < 1.29 is 4.74 Å². The van der Waals surface area contributed by atoms with Gasteiger partial charge in [-0.25, -0.2) is 0 Å². The first-order valence-corrected chi connectivity index (χ1v) is 8.39. The van der Waals surface area contributed by atoms with Gasteiger partial charge < -0.3 is 4.74 Å². The molecule has 0 N–H and O–H groups in total. The van der Waals surface area contributed by atoms with Crippen LogP contribution in [0.5, 0.6) is 5.75 Å². The second kappa shape index (κ2) is 4.85. The molecule has 0 amide bonds. The van der Waals surface area contributed by atoms with Gasteiger partial charge in [-0.05, 0) is 51.9 Å². The van der Waals surface area contributed by atoms with Gasteiger partial charge in [-0.15, -0.1) is 0 Å². The van der Waals surface area contributed by atoms with Crippen molar-refractivity contribution in [3.63, 3.8) is 0 Å². The minimum absolute atomic E-state index is 0.0798. The van der Waals surface area contributed by atoms with E-state index in [0.29, 0.717) is 0 Å². The molecule has 0 bridgehead atoms. The molecule has 0 aromatic heterocycles. The zero-order valence-corrected chi connectivity index (χ0v) is 13.6. The molecule has 0 saturated heterocycles. The SMILES string of the molecule is COc1ccc2c(c1)C=CCC21c2ccccc2-c2ccccc21. The van der Waals surface area contributed by atoms with Crippen molar-refractivity contribution in [3.8, 4) is 16.9 Å². The number of fused-ring (bicyclic) bond motifs is 7. The van der Waals surface area contributed by atoms with Crippen LogP contribution in [-0.4, -0.2) is 7.11 Å². The summed E-state index contributed by atoms with van der Waals surface area (Å²) in [6, 6.07) is 24.2. The highest BCUT2D eigenvalue weighted by molar-refractivity contribution is 5.85. The lowest BCUT2D eigenvalue weighted by atomic mass is 9.66. The van der Waals surface area contributed by atoms with Gasteiger partial charge in [0.2, 0.25) is 0 Å². The van der Waals surface area contributed by atoms with E-state index in [-0.39, 0.29) is 5.41 Å². The Morgan fingerprint density at radius 3 is 2.12 bits per heavy atom. The van der Waals surface area contributed by atoms with Gasteiger partial charge in [-0.3, -0.25) is 0 Å². The topological polar surface area (TPSA) is 9.23 Å². The van der Waals surface area contributed by atoms with Crippen molar-refractivity contribution in [2.45, 2.75) is 11.8 Å². The second-order valence-electron chi connectivity index (χ2n) is 6.56. The molecule has 3 aromatic carbocycles. The average Bonchev–Trinajstić information content (AvgIpc) is 2.93. The van der Waals surface area contributed by atoms with E-state index in [0.717, 1.165) is 12.2 Å². The Morgan fingerprint density at radius 1 is 0.792 bits per heavy atom. The molecule has 24 heavy (non-hydrogen) atoms. The van der Waals surface area contributed by atoms with E-state index >= 15 is 0 Å². The normalized spacial score (nSPS) is 15.7. The van der Waals surface area contributed by atoms with Crippen LogP contribution in [0.1, 0.15) is 28.7 Å². The molecule has 0 atom stereocenters. The highest BCUT2D eigenvalue weighted by atomic mass is 16.5. The van der Waals surface area contributed by atoms with E-state index in [4.69, 9.17) is 4.74 Å². The summed E-state index contributed by atoms with van der Waals surface area (Å²) >= 11 is 0. The molecule has 2 aliphatic carbocycles. The van der Waals surface area contributed by atoms with Crippen molar-refractivity contribution in [3.05, 3.63) is 95.1 Å². The number of hydrogen-bond donors (Lipinski definition) is 0. The van der Waals surface area contributed by atoms with E-state index in [2.05, 4.69) is 78.9 Å². The first kappa shape index (κ1) is 13.6. The van der Waals surface area contributed by atoms with Crippen LogP contribution in [0.25, 0.3) is 17.2 Å². The van der Waals surface area contributed by atoms with E-state index in [1.807, 2.05) is 0 Å². The molecule has 2 aliphatic rings. The Balaban J connectivity index is 1.88. The lowest BCUT2D eigenvalue weighted by molar-refractivity contribution is 0.414. The molecular formula is C23H18O. The fraction of sp³-hybridized carbons (Fsp3) is 0.130. The number of benzene rings is 3. The highest BCUT2D eigenvalue weighted by Gasteiger charge is 2.45. The minimum atomic E-state index is -0.0798. The van der Waals surface area contributed by atoms with Crippen molar-refractivity contribution in [2.24, 2.45) is 0 Å². The summed E-state index contributed by atoms with van der Waals surface area (Å²) < 4.78 is 5.44. The number of allylic oxidation sites excluding steroid dienone is 1. The number of rotatable bonds is 1. The van der Waals surface area contributed by atoms with Crippen molar-refractivity contribution in [1.29, 1.82) is 0 Å². The zero-order valence-electron chi connectivity index (χ0n) is 13.6. The van der Waals surface area contributed by atoms with E-state index in [1.165, 1.54) is 33.4 Å². The number of ether oxygens (including phenoxy) is 1. The van der Waals surface area contributed by atoms with Crippen molar-refractivity contribution >= 4 is 6.08 Å². The molecule has 1 nitrogen and oxygen atoms in total. The molecule has 116 valence electrons. The number of hydrogen-bond acceptors (Lipinski definition) is 1. The van der Waals surface area contributed by atoms with Gasteiger partial charge in [-0.1, -0.05) is 66.7 Å². The predicted molar refractivity (Wildman–Crippen MR) is 98.4 cm³/mol. The lowest BCUT2D eigenvalue weighted by Crippen LogP contribution is -2.28. The lowest BCUT2D eigenvalue weighted by Gasteiger charge is -2.35. The first-order chi connectivity index (χ1) is 11.8. The quantitative estimate of drug-likeness (QED) is 0.582. The van der Waals surface area contributed by atoms with Crippen LogP contribution in [0, 0.1) is 0 Å². The Bertz CT molecular complexity index is 935. The Kier molecular flexibility index (Phi) is 2.75. The van der Waals surface area contributed by atoms with Crippen LogP contribution in [0.2, 0.25) is 0 Å². The fourth-order valence-electron chi connectivity index (χ4n) is 4.50. The minimum Gasteiger partial charge on any atom is -0.497 e. The van der Waals surface area contributed by atoms with Crippen molar-refractivity contribution in [1.82, 2.24) is 0 Å².